The zero-order valence-corrected chi connectivity index (χ0v) is 15.5. The lowest BCUT2D eigenvalue weighted by molar-refractivity contribution is -0.183. The van der Waals surface area contributed by atoms with Gasteiger partial charge in [-0.2, -0.15) is 13.2 Å². The molecule has 0 radical (unpaired) electrons. The number of alkyl halides is 3. The molecule has 0 aromatic carbocycles. The maximum absolute atomic E-state index is 13.2. The molecular weight excluding hydrogens is 391 g/mol. The van der Waals surface area contributed by atoms with Gasteiger partial charge in [0.05, 0.1) is 29.7 Å². The molecule has 6 nitrogen and oxygen atoms in total. The number of piperidine rings is 1. The monoisotopic (exact) mass is 409 g/mol. The summed E-state index contributed by atoms with van der Waals surface area (Å²) in [6.07, 6.45) is -0.975. The quantitative estimate of drug-likeness (QED) is 0.579. The summed E-state index contributed by atoms with van der Waals surface area (Å²) in [5.74, 6) is -1.35. The van der Waals surface area contributed by atoms with Crippen molar-refractivity contribution in [3.8, 4) is 0 Å². The molecule has 2 atom stereocenters. The van der Waals surface area contributed by atoms with Gasteiger partial charge in [-0.05, 0) is 49.3 Å². The molecule has 0 bridgehead atoms. The first kappa shape index (κ1) is 18.9. The van der Waals surface area contributed by atoms with Crippen molar-refractivity contribution < 1.29 is 13.2 Å². The number of nitrogens with zero attached hydrogens (tertiary/aromatic N) is 2. The molecular formula is C18H18F3N5OS. The first-order valence-corrected chi connectivity index (χ1v) is 9.29. The molecule has 3 aromatic rings. The van der Waals surface area contributed by atoms with Gasteiger partial charge >= 0.3 is 6.18 Å². The summed E-state index contributed by atoms with van der Waals surface area (Å²) in [6, 6.07) is 4.82. The molecule has 0 spiro atoms. The molecule has 1 saturated heterocycles. The molecule has 0 amide bonds. The highest BCUT2D eigenvalue weighted by Gasteiger charge is 2.42. The minimum atomic E-state index is -4.21. The van der Waals surface area contributed by atoms with Gasteiger partial charge in [-0.15, -0.1) is 0 Å². The highest BCUT2D eigenvalue weighted by Crippen LogP contribution is 2.38. The van der Waals surface area contributed by atoms with E-state index in [-0.39, 0.29) is 29.7 Å². The predicted molar refractivity (Wildman–Crippen MR) is 101 cm³/mol. The van der Waals surface area contributed by atoms with E-state index in [1.807, 2.05) is 6.07 Å². The zero-order chi connectivity index (χ0) is 19.9. The SMILES string of the molecule is O=c1[nH]c(=S)n(Cc2cccnc2[C@H]2C[C@@H](C(F)(F)F)CCN2)c2cc[nH]c12. The average molecular weight is 409 g/mol. The fraction of sp³-hybridized carbons (Fsp3) is 0.389. The summed E-state index contributed by atoms with van der Waals surface area (Å²) in [5, 5.41) is 3.16. The van der Waals surface area contributed by atoms with Gasteiger partial charge in [0.1, 0.15) is 5.52 Å². The van der Waals surface area contributed by atoms with Crippen molar-refractivity contribution in [2.75, 3.05) is 6.54 Å². The van der Waals surface area contributed by atoms with Gasteiger partial charge in [0.15, 0.2) is 4.77 Å². The fourth-order valence-electron chi connectivity index (χ4n) is 3.75. The minimum Gasteiger partial charge on any atom is -0.355 e. The van der Waals surface area contributed by atoms with Crippen LogP contribution in [-0.4, -0.2) is 32.2 Å². The van der Waals surface area contributed by atoms with Crippen LogP contribution < -0.4 is 10.9 Å². The Morgan fingerprint density at radius 2 is 2.14 bits per heavy atom. The second-order valence-corrected chi connectivity index (χ2v) is 7.29. The molecule has 4 rings (SSSR count). The van der Waals surface area contributed by atoms with Crippen LogP contribution in [0.4, 0.5) is 13.2 Å². The highest BCUT2D eigenvalue weighted by molar-refractivity contribution is 7.71. The van der Waals surface area contributed by atoms with Crippen LogP contribution in [-0.2, 0) is 6.54 Å². The van der Waals surface area contributed by atoms with Crippen molar-refractivity contribution in [3.05, 3.63) is 57.0 Å². The van der Waals surface area contributed by atoms with Crippen LogP contribution in [0.3, 0.4) is 0 Å². The molecule has 28 heavy (non-hydrogen) atoms. The number of fused-ring (bicyclic) bond motifs is 1. The Kier molecular flexibility index (Phi) is 4.84. The number of aromatic amines is 2. The van der Waals surface area contributed by atoms with Crippen LogP contribution in [0.25, 0.3) is 11.0 Å². The highest BCUT2D eigenvalue weighted by atomic mass is 32.1. The number of rotatable bonds is 3. The Labute approximate surface area is 162 Å². The van der Waals surface area contributed by atoms with E-state index in [0.717, 1.165) is 5.56 Å². The lowest BCUT2D eigenvalue weighted by Crippen LogP contribution is -2.38. The molecule has 3 N–H and O–H groups in total. The molecule has 0 unspecified atom stereocenters. The average Bonchev–Trinajstić information content (AvgIpc) is 3.15. The third-order valence-corrected chi connectivity index (χ3v) is 5.48. The summed E-state index contributed by atoms with van der Waals surface area (Å²) in [5.41, 5.74) is 2.05. The molecule has 1 fully saturated rings. The summed E-state index contributed by atoms with van der Waals surface area (Å²) >= 11 is 5.31. The molecule has 1 aliphatic heterocycles. The zero-order valence-electron chi connectivity index (χ0n) is 14.7. The number of H-pyrrole nitrogens is 2. The lowest BCUT2D eigenvalue weighted by Gasteiger charge is -2.32. The molecule has 1 aliphatic rings. The number of nitrogens with one attached hydrogen (secondary N) is 3. The lowest BCUT2D eigenvalue weighted by atomic mass is 9.89. The van der Waals surface area contributed by atoms with Gasteiger partial charge in [-0.3, -0.25) is 14.8 Å². The molecule has 10 heteroatoms. The number of hydrogen-bond acceptors (Lipinski definition) is 4. The largest absolute Gasteiger partial charge is 0.391 e. The van der Waals surface area contributed by atoms with Crippen molar-refractivity contribution in [3.63, 3.8) is 0 Å². The van der Waals surface area contributed by atoms with Gasteiger partial charge in [0.25, 0.3) is 5.56 Å². The Morgan fingerprint density at radius 3 is 2.93 bits per heavy atom. The number of halogens is 3. The Hall–Kier alpha value is -2.46. The molecule has 3 aromatic heterocycles. The smallest absolute Gasteiger partial charge is 0.355 e. The van der Waals surface area contributed by atoms with E-state index in [9.17, 15) is 18.0 Å². The predicted octanol–water partition coefficient (Wildman–Crippen LogP) is 3.43. The van der Waals surface area contributed by atoms with Crippen LogP contribution in [0.15, 0.2) is 35.4 Å². The van der Waals surface area contributed by atoms with E-state index < -0.39 is 18.1 Å². The van der Waals surface area contributed by atoms with E-state index in [4.69, 9.17) is 12.2 Å². The van der Waals surface area contributed by atoms with Gasteiger partial charge in [-0.25, -0.2) is 0 Å². The number of hydrogen-bond donors (Lipinski definition) is 3. The fourth-order valence-corrected chi connectivity index (χ4v) is 4.01. The van der Waals surface area contributed by atoms with E-state index >= 15 is 0 Å². The summed E-state index contributed by atoms with van der Waals surface area (Å²) in [4.78, 5) is 21.9. The third-order valence-electron chi connectivity index (χ3n) is 5.16. The summed E-state index contributed by atoms with van der Waals surface area (Å²) < 4.78 is 41.6. The summed E-state index contributed by atoms with van der Waals surface area (Å²) in [7, 11) is 0. The minimum absolute atomic E-state index is 0.0515. The van der Waals surface area contributed by atoms with Crippen molar-refractivity contribution >= 4 is 23.3 Å². The van der Waals surface area contributed by atoms with Crippen molar-refractivity contribution in [1.82, 2.24) is 24.8 Å². The van der Waals surface area contributed by atoms with E-state index in [0.29, 0.717) is 23.3 Å². The maximum atomic E-state index is 13.2. The number of aromatic nitrogens is 4. The van der Waals surface area contributed by atoms with Crippen molar-refractivity contribution in [1.29, 1.82) is 0 Å². The van der Waals surface area contributed by atoms with Crippen LogP contribution in [0, 0.1) is 10.7 Å². The van der Waals surface area contributed by atoms with Crippen LogP contribution in [0.5, 0.6) is 0 Å². The van der Waals surface area contributed by atoms with Crippen LogP contribution in [0.1, 0.15) is 30.1 Å². The Bertz CT molecular complexity index is 1120. The topological polar surface area (TPSA) is 78.5 Å². The first-order valence-electron chi connectivity index (χ1n) is 8.88. The Morgan fingerprint density at radius 1 is 1.32 bits per heavy atom. The van der Waals surface area contributed by atoms with Gasteiger partial charge in [0.2, 0.25) is 0 Å². The molecule has 148 valence electrons. The Balaban J connectivity index is 1.71. The third kappa shape index (κ3) is 3.49. The first-order chi connectivity index (χ1) is 13.3. The summed E-state index contributed by atoms with van der Waals surface area (Å²) in [6.45, 7) is 0.576. The van der Waals surface area contributed by atoms with Gasteiger partial charge in [0, 0.05) is 12.4 Å². The maximum Gasteiger partial charge on any atom is 0.391 e. The van der Waals surface area contributed by atoms with Crippen LogP contribution in [0.2, 0.25) is 0 Å². The standard InChI is InChI=1S/C18H18F3N5OS/c19-18(20,21)11-3-6-22-12(8-11)14-10(2-1-5-23-14)9-26-13-4-7-24-15(13)16(27)25-17(26)28/h1-2,4-5,7,11-12,22,24H,3,6,8-9H2,(H,25,27,28)/t11-,12+/m0/s1. The van der Waals surface area contributed by atoms with E-state index in [1.165, 1.54) is 0 Å². The van der Waals surface area contributed by atoms with E-state index in [1.54, 1.807) is 29.1 Å². The second kappa shape index (κ2) is 7.17. The molecule has 4 heterocycles. The molecule has 0 saturated carbocycles. The number of pyridine rings is 1. The van der Waals surface area contributed by atoms with Crippen molar-refractivity contribution in [2.24, 2.45) is 5.92 Å². The van der Waals surface area contributed by atoms with Crippen LogP contribution >= 0.6 is 12.2 Å². The normalized spacial score (nSPS) is 20.5. The van der Waals surface area contributed by atoms with Gasteiger partial charge in [-0.1, -0.05) is 6.07 Å². The molecule has 0 aliphatic carbocycles. The second-order valence-electron chi connectivity index (χ2n) is 6.90. The van der Waals surface area contributed by atoms with Gasteiger partial charge < -0.3 is 14.9 Å². The van der Waals surface area contributed by atoms with Crippen molar-refractivity contribution in [2.45, 2.75) is 31.6 Å². The van der Waals surface area contributed by atoms with E-state index in [2.05, 4.69) is 20.3 Å².